The average molecular weight is 363 g/mol. The molecule has 0 aliphatic heterocycles. The smallest absolute Gasteiger partial charge is 0.275 e. The molecule has 5 nitrogen and oxygen atoms in total. The lowest BCUT2D eigenvalue weighted by atomic mass is 9.88. The number of aromatic nitrogens is 2. The predicted molar refractivity (Wildman–Crippen MR) is 106 cm³/mol. The highest BCUT2D eigenvalue weighted by Gasteiger charge is 2.21. The number of hydrogen-bond donors (Lipinski definition) is 1. The van der Waals surface area contributed by atoms with Gasteiger partial charge in [0.25, 0.3) is 5.91 Å². The highest BCUT2D eigenvalue weighted by atomic mass is 16.5. The molecule has 0 bridgehead atoms. The number of rotatable bonds is 7. The SMILES string of the molecule is COc1cn(-c2ccccc2)nc1C(=O)NCC(c1ccccc1)C(C)C. The summed E-state index contributed by atoms with van der Waals surface area (Å²) in [7, 11) is 1.55. The van der Waals surface area contributed by atoms with Crippen LogP contribution in [0, 0.1) is 5.92 Å². The second-order valence-corrected chi connectivity index (χ2v) is 6.80. The fraction of sp³-hybridized carbons (Fsp3) is 0.273. The summed E-state index contributed by atoms with van der Waals surface area (Å²) in [6.07, 6.45) is 1.72. The van der Waals surface area contributed by atoms with Crippen LogP contribution >= 0.6 is 0 Å². The van der Waals surface area contributed by atoms with E-state index in [9.17, 15) is 4.79 Å². The third-order valence-corrected chi connectivity index (χ3v) is 4.65. The summed E-state index contributed by atoms with van der Waals surface area (Å²) in [6, 6.07) is 19.9. The molecule has 3 aromatic rings. The van der Waals surface area contributed by atoms with Gasteiger partial charge in [0.05, 0.1) is 19.0 Å². The van der Waals surface area contributed by atoms with Crippen LogP contribution in [0.3, 0.4) is 0 Å². The first-order valence-corrected chi connectivity index (χ1v) is 9.12. The number of ether oxygens (including phenoxy) is 1. The van der Waals surface area contributed by atoms with Gasteiger partial charge in [0.2, 0.25) is 0 Å². The Labute approximate surface area is 160 Å². The molecule has 1 heterocycles. The molecule has 1 aromatic heterocycles. The minimum absolute atomic E-state index is 0.233. The molecular weight excluding hydrogens is 338 g/mol. The van der Waals surface area contributed by atoms with Crippen molar-refractivity contribution in [3.8, 4) is 11.4 Å². The van der Waals surface area contributed by atoms with Gasteiger partial charge < -0.3 is 10.1 Å². The second kappa shape index (κ2) is 8.54. The summed E-state index contributed by atoms with van der Waals surface area (Å²) in [6.45, 7) is 4.87. The van der Waals surface area contributed by atoms with Gasteiger partial charge in [-0.25, -0.2) is 4.68 Å². The lowest BCUT2D eigenvalue weighted by Crippen LogP contribution is -2.31. The fourth-order valence-corrected chi connectivity index (χ4v) is 3.10. The van der Waals surface area contributed by atoms with E-state index < -0.39 is 0 Å². The van der Waals surface area contributed by atoms with Crippen LogP contribution in [0.2, 0.25) is 0 Å². The Hall–Kier alpha value is -3.08. The summed E-state index contributed by atoms with van der Waals surface area (Å²) in [5.41, 5.74) is 2.38. The normalized spacial score (nSPS) is 12.0. The summed E-state index contributed by atoms with van der Waals surface area (Å²) in [5, 5.41) is 7.45. The van der Waals surface area contributed by atoms with Crippen molar-refractivity contribution in [2.75, 3.05) is 13.7 Å². The molecule has 0 aliphatic carbocycles. The number of nitrogens with zero attached hydrogens (tertiary/aromatic N) is 2. The molecule has 27 heavy (non-hydrogen) atoms. The molecule has 2 aromatic carbocycles. The van der Waals surface area contributed by atoms with E-state index in [1.807, 2.05) is 48.5 Å². The lowest BCUT2D eigenvalue weighted by Gasteiger charge is -2.21. The van der Waals surface area contributed by atoms with Crippen molar-refractivity contribution in [1.82, 2.24) is 15.1 Å². The highest BCUT2D eigenvalue weighted by molar-refractivity contribution is 5.95. The van der Waals surface area contributed by atoms with Gasteiger partial charge in [-0.15, -0.1) is 0 Å². The average Bonchev–Trinajstić information content (AvgIpc) is 3.14. The van der Waals surface area contributed by atoms with Crippen molar-refractivity contribution in [2.45, 2.75) is 19.8 Å². The lowest BCUT2D eigenvalue weighted by molar-refractivity contribution is 0.0940. The molecule has 1 N–H and O–H groups in total. The first kappa shape index (κ1) is 18.7. The monoisotopic (exact) mass is 363 g/mol. The number of amides is 1. The third-order valence-electron chi connectivity index (χ3n) is 4.65. The van der Waals surface area contributed by atoms with Crippen LogP contribution in [0.1, 0.15) is 35.8 Å². The summed E-state index contributed by atoms with van der Waals surface area (Å²) < 4.78 is 7.02. The zero-order valence-corrected chi connectivity index (χ0v) is 15.9. The molecule has 0 saturated heterocycles. The molecule has 0 spiro atoms. The zero-order chi connectivity index (χ0) is 19.2. The number of carbonyl (C=O) groups is 1. The standard InChI is InChI=1S/C22H25N3O2/c1-16(2)19(17-10-6-4-7-11-17)14-23-22(26)21-20(27-3)15-25(24-21)18-12-8-5-9-13-18/h4-13,15-16,19H,14H2,1-3H3,(H,23,26). The predicted octanol–water partition coefficient (Wildman–Crippen LogP) is 4.05. The summed E-state index contributed by atoms with van der Waals surface area (Å²) in [4.78, 5) is 12.8. The number of carbonyl (C=O) groups excluding carboxylic acids is 1. The Morgan fingerprint density at radius 2 is 1.70 bits per heavy atom. The Morgan fingerprint density at radius 1 is 1.07 bits per heavy atom. The zero-order valence-electron chi connectivity index (χ0n) is 15.9. The maximum Gasteiger partial charge on any atom is 0.275 e. The van der Waals surface area contributed by atoms with Crippen molar-refractivity contribution < 1.29 is 9.53 Å². The topological polar surface area (TPSA) is 56.2 Å². The van der Waals surface area contributed by atoms with Crippen LogP contribution in [0.25, 0.3) is 5.69 Å². The van der Waals surface area contributed by atoms with Crippen molar-refractivity contribution in [2.24, 2.45) is 5.92 Å². The number of benzene rings is 2. The van der Waals surface area contributed by atoms with Crippen LogP contribution < -0.4 is 10.1 Å². The third kappa shape index (κ3) is 4.37. The van der Waals surface area contributed by atoms with Gasteiger partial charge in [-0.05, 0) is 23.6 Å². The molecule has 1 atom stereocenters. The fourth-order valence-electron chi connectivity index (χ4n) is 3.10. The van der Waals surface area contributed by atoms with E-state index in [0.717, 1.165) is 5.69 Å². The highest BCUT2D eigenvalue weighted by Crippen LogP contribution is 2.24. The van der Waals surface area contributed by atoms with Gasteiger partial charge in [0.1, 0.15) is 0 Å². The maximum absolute atomic E-state index is 12.8. The largest absolute Gasteiger partial charge is 0.493 e. The molecule has 0 saturated carbocycles. The van der Waals surface area contributed by atoms with Crippen molar-refractivity contribution in [1.29, 1.82) is 0 Å². The Bertz CT molecular complexity index is 873. The van der Waals surface area contributed by atoms with Crippen LogP contribution in [0.5, 0.6) is 5.75 Å². The van der Waals surface area contributed by atoms with E-state index >= 15 is 0 Å². The van der Waals surface area contributed by atoms with Crippen molar-refractivity contribution >= 4 is 5.91 Å². The van der Waals surface area contributed by atoms with E-state index in [4.69, 9.17) is 4.74 Å². The van der Waals surface area contributed by atoms with Crippen LogP contribution in [0.15, 0.2) is 66.9 Å². The number of hydrogen-bond acceptors (Lipinski definition) is 3. The minimum atomic E-state index is -0.233. The Morgan fingerprint density at radius 3 is 2.30 bits per heavy atom. The maximum atomic E-state index is 12.8. The first-order valence-electron chi connectivity index (χ1n) is 9.12. The molecule has 1 amide bonds. The molecule has 1 unspecified atom stereocenters. The van der Waals surface area contributed by atoms with Gasteiger partial charge in [-0.2, -0.15) is 5.10 Å². The first-order chi connectivity index (χ1) is 13.1. The number of methoxy groups -OCH3 is 1. The van der Waals surface area contributed by atoms with Gasteiger partial charge >= 0.3 is 0 Å². The second-order valence-electron chi connectivity index (χ2n) is 6.80. The Kier molecular flexibility index (Phi) is 5.91. The summed E-state index contributed by atoms with van der Waals surface area (Å²) in [5.74, 6) is 0.856. The van der Waals surface area contributed by atoms with Gasteiger partial charge in [0, 0.05) is 12.5 Å². The number of para-hydroxylation sites is 1. The van der Waals surface area contributed by atoms with Gasteiger partial charge in [-0.1, -0.05) is 62.4 Å². The van der Waals surface area contributed by atoms with E-state index in [1.165, 1.54) is 5.56 Å². The minimum Gasteiger partial charge on any atom is -0.493 e. The van der Waals surface area contributed by atoms with Crippen LogP contribution in [-0.4, -0.2) is 29.3 Å². The van der Waals surface area contributed by atoms with Crippen LogP contribution in [0.4, 0.5) is 0 Å². The van der Waals surface area contributed by atoms with Gasteiger partial charge in [0.15, 0.2) is 11.4 Å². The molecule has 0 radical (unpaired) electrons. The molecular formula is C22H25N3O2. The molecule has 5 heteroatoms. The quantitative estimate of drug-likeness (QED) is 0.689. The molecule has 140 valence electrons. The van der Waals surface area contributed by atoms with E-state index in [0.29, 0.717) is 18.2 Å². The number of nitrogens with one attached hydrogen (secondary N) is 1. The van der Waals surface area contributed by atoms with Crippen molar-refractivity contribution in [3.05, 3.63) is 78.1 Å². The molecule has 0 fully saturated rings. The molecule has 0 aliphatic rings. The van der Waals surface area contributed by atoms with Gasteiger partial charge in [-0.3, -0.25) is 4.79 Å². The van der Waals surface area contributed by atoms with E-state index in [-0.39, 0.29) is 17.5 Å². The van der Waals surface area contributed by atoms with Crippen molar-refractivity contribution in [3.63, 3.8) is 0 Å². The summed E-state index contributed by atoms with van der Waals surface area (Å²) >= 11 is 0. The van der Waals surface area contributed by atoms with Crippen LogP contribution in [-0.2, 0) is 0 Å². The van der Waals surface area contributed by atoms with E-state index in [2.05, 4.69) is 36.4 Å². The van der Waals surface area contributed by atoms with E-state index in [1.54, 1.807) is 18.0 Å². The molecule has 3 rings (SSSR count). The Balaban J connectivity index is 1.76.